The summed E-state index contributed by atoms with van der Waals surface area (Å²) in [5.74, 6) is 0.412. The largest absolute Gasteiger partial charge is 0.490 e. The summed E-state index contributed by atoms with van der Waals surface area (Å²) >= 11 is 0. The first kappa shape index (κ1) is 24.3. The third kappa shape index (κ3) is 5.33. The van der Waals surface area contributed by atoms with Gasteiger partial charge in [0.2, 0.25) is 5.78 Å². The molecule has 4 heterocycles. The molecule has 0 spiro atoms. The van der Waals surface area contributed by atoms with Gasteiger partial charge in [-0.3, -0.25) is 13.5 Å². The lowest BCUT2D eigenvalue weighted by atomic mass is 10.2. The van der Waals surface area contributed by atoms with Crippen molar-refractivity contribution < 1.29 is 56.3 Å². The van der Waals surface area contributed by atoms with Gasteiger partial charge in [-0.1, -0.05) is 0 Å². The van der Waals surface area contributed by atoms with E-state index < -0.39 is 48.5 Å². The van der Waals surface area contributed by atoms with Crippen molar-refractivity contribution in [3.05, 3.63) is 18.7 Å². The van der Waals surface area contributed by atoms with Gasteiger partial charge in [-0.25, -0.2) is 23.7 Å². The van der Waals surface area contributed by atoms with Crippen LogP contribution in [0.1, 0.15) is 12.6 Å². The van der Waals surface area contributed by atoms with E-state index in [1.807, 2.05) is 0 Å². The third-order valence-electron chi connectivity index (χ3n) is 4.41. The molecule has 182 valence electrons. The maximum atomic E-state index is 11.9. The van der Waals surface area contributed by atoms with Gasteiger partial charge in [0.25, 0.3) is 0 Å². The quantitative estimate of drug-likeness (QED) is 0.203. The number of nitrogen functional groups attached to an aromatic ring is 1. The van der Waals surface area contributed by atoms with Gasteiger partial charge in [-0.05, 0) is 0 Å². The molecule has 1 saturated heterocycles. The molecule has 4 rings (SSSR count). The van der Waals surface area contributed by atoms with Crippen LogP contribution < -0.4 is 5.73 Å². The molecule has 0 saturated carbocycles. The zero-order valence-electron chi connectivity index (χ0n) is 16.1. The van der Waals surface area contributed by atoms with Crippen LogP contribution in [0.15, 0.2) is 18.7 Å². The highest BCUT2D eigenvalue weighted by atomic mass is 31.3. The van der Waals surface area contributed by atoms with Gasteiger partial charge in [-0.15, -0.1) is 0 Å². The van der Waals surface area contributed by atoms with Crippen LogP contribution in [0.3, 0.4) is 0 Å². The topological polar surface area (TPSA) is 263 Å². The van der Waals surface area contributed by atoms with Crippen molar-refractivity contribution in [2.75, 3.05) is 12.3 Å². The average molecular weight is 530 g/mol. The number of phosphoric ester groups is 1. The Labute approximate surface area is 183 Å². The van der Waals surface area contributed by atoms with Gasteiger partial charge in [0.15, 0.2) is 11.5 Å². The molecular formula is C12H17N6O12P3. The molecule has 0 radical (unpaired) electrons. The highest BCUT2D eigenvalue weighted by Crippen LogP contribution is 2.66. The molecule has 0 amide bonds. The van der Waals surface area contributed by atoms with Crippen molar-refractivity contribution in [1.29, 1.82) is 0 Å². The number of imidazole rings is 2. The number of nitrogens with two attached hydrogens (primary N) is 1. The average Bonchev–Trinajstić information content (AvgIpc) is 3.34. The van der Waals surface area contributed by atoms with Crippen LogP contribution in [0, 0.1) is 0 Å². The normalized spacial score (nSPS) is 25.4. The second-order valence-electron chi connectivity index (χ2n) is 6.74. The molecule has 18 nitrogen and oxygen atoms in total. The van der Waals surface area contributed by atoms with Crippen LogP contribution in [0.5, 0.6) is 0 Å². The van der Waals surface area contributed by atoms with E-state index in [-0.39, 0.29) is 12.2 Å². The zero-order valence-corrected chi connectivity index (χ0v) is 18.8. The molecule has 5 atom stereocenters. The molecule has 2 unspecified atom stereocenters. The van der Waals surface area contributed by atoms with E-state index in [4.69, 9.17) is 20.3 Å². The summed E-state index contributed by atoms with van der Waals surface area (Å²) in [5, 5.41) is 10.3. The highest BCUT2D eigenvalue weighted by Gasteiger charge is 2.43. The number of aliphatic hydroxyl groups is 1. The molecule has 0 aromatic carbocycles. The summed E-state index contributed by atoms with van der Waals surface area (Å²) in [6.45, 7) is -0.793. The fraction of sp³-hybridized carbons (Fsp3) is 0.417. The van der Waals surface area contributed by atoms with Gasteiger partial charge in [-0.2, -0.15) is 13.6 Å². The fourth-order valence-electron chi connectivity index (χ4n) is 3.20. The van der Waals surface area contributed by atoms with Crippen molar-refractivity contribution in [2.24, 2.45) is 0 Å². The number of aliphatic hydroxyl groups excluding tert-OH is 1. The highest BCUT2D eigenvalue weighted by molar-refractivity contribution is 7.66. The number of anilines is 1. The molecule has 7 N–H and O–H groups in total. The molecule has 1 aliphatic heterocycles. The third-order valence-corrected chi connectivity index (χ3v) is 8.21. The molecule has 1 fully saturated rings. The minimum atomic E-state index is -5.66. The van der Waals surface area contributed by atoms with Gasteiger partial charge >= 0.3 is 23.5 Å². The maximum absolute atomic E-state index is 11.9. The van der Waals surface area contributed by atoms with Crippen molar-refractivity contribution >= 4 is 46.2 Å². The Kier molecular flexibility index (Phi) is 6.24. The van der Waals surface area contributed by atoms with E-state index in [0.29, 0.717) is 16.9 Å². The van der Waals surface area contributed by atoms with Crippen molar-refractivity contribution in [3.8, 4) is 0 Å². The minimum absolute atomic E-state index is 0.00565. The van der Waals surface area contributed by atoms with E-state index in [0.717, 1.165) is 0 Å². The molecule has 3 aromatic rings. The van der Waals surface area contributed by atoms with Gasteiger partial charge in [0, 0.05) is 18.8 Å². The van der Waals surface area contributed by atoms with Crippen LogP contribution in [-0.2, 0) is 31.6 Å². The first-order valence-corrected chi connectivity index (χ1v) is 13.3. The van der Waals surface area contributed by atoms with Gasteiger partial charge < -0.3 is 35.2 Å². The lowest BCUT2D eigenvalue weighted by Gasteiger charge is -2.19. The summed E-state index contributed by atoms with van der Waals surface area (Å²) in [6.07, 6.45) is 1.26. The lowest BCUT2D eigenvalue weighted by Crippen LogP contribution is -2.26. The Hall–Kier alpha value is -1.78. The molecule has 33 heavy (non-hydrogen) atoms. The van der Waals surface area contributed by atoms with E-state index in [1.165, 1.54) is 17.1 Å². The lowest BCUT2D eigenvalue weighted by molar-refractivity contribution is -0.0423. The van der Waals surface area contributed by atoms with Crippen molar-refractivity contribution in [1.82, 2.24) is 23.9 Å². The van der Waals surface area contributed by atoms with E-state index in [9.17, 15) is 28.6 Å². The second-order valence-corrected chi connectivity index (χ2v) is 11.2. The Morgan fingerprint density at radius 2 is 1.88 bits per heavy atom. The van der Waals surface area contributed by atoms with Crippen molar-refractivity contribution in [2.45, 2.75) is 24.9 Å². The van der Waals surface area contributed by atoms with E-state index in [1.54, 1.807) is 10.6 Å². The Balaban J connectivity index is 1.47. The molecule has 0 bridgehead atoms. The van der Waals surface area contributed by atoms with Crippen LogP contribution >= 0.6 is 23.5 Å². The molecular weight excluding hydrogens is 513 g/mol. The predicted octanol–water partition coefficient (Wildman–Crippen LogP) is -0.347. The second kappa shape index (κ2) is 8.46. The maximum Gasteiger partial charge on any atom is 0.490 e. The summed E-state index contributed by atoms with van der Waals surface area (Å²) in [4.78, 5) is 48.2. The number of aromatic nitrogens is 5. The Bertz CT molecular complexity index is 1340. The molecule has 21 heteroatoms. The number of hydrogen-bond acceptors (Lipinski definition) is 12. The summed E-state index contributed by atoms with van der Waals surface area (Å²) in [5.41, 5.74) is 6.71. The number of phosphoric acid groups is 3. The number of hydrogen-bond donors (Lipinski definition) is 6. The summed E-state index contributed by atoms with van der Waals surface area (Å²) < 4.78 is 54.5. The van der Waals surface area contributed by atoms with Crippen LogP contribution in [0.4, 0.5) is 5.82 Å². The molecule has 0 aliphatic carbocycles. The molecule has 1 aliphatic rings. The minimum Gasteiger partial charge on any atom is -0.390 e. The first-order valence-electron chi connectivity index (χ1n) is 8.82. The van der Waals surface area contributed by atoms with E-state index in [2.05, 4.69) is 28.1 Å². The monoisotopic (exact) mass is 530 g/mol. The van der Waals surface area contributed by atoms with Gasteiger partial charge in [0.05, 0.1) is 19.0 Å². The number of nitrogens with zero attached hydrogens (tertiary/aromatic N) is 5. The zero-order chi connectivity index (χ0) is 24.2. The predicted molar refractivity (Wildman–Crippen MR) is 105 cm³/mol. The number of ether oxygens (including phenoxy) is 1. The summed E-state index contributed by atoms with van der Waals surface area (Å²) in [7, 11) is -16.5. The Morgan fingerprint density at radius 1 is 1.15 bits per heavy atom. The molecule has 3 aromatic heterocycles. The first-order chi connectivity index (χ1) is 15.2. The van der Waals surface area contributed by atoms with Gasteiger partial charge in [0.1, 0.15) is 17.8 Å². The van der Waals surface area contributed by atoms with Crippen LogP contribution in [-0.4, -0.2) is 67.4 Å². The van der Waals surface area contributed by atoms with Crippen LogP contribution in [0.25, 0.3) is 16.9 Å². The standard InChI is InChI=1S/C12H17N6O12P3/c13-10-9-11(17-2-1-14-12(17)16-10)18(5-15-9)8-3-6(19)7(28-8)4-27-32(23,24)30-33(25,26)29-31(20,21)22/h1-2,5-8,19H,3-4H2,(H,23,24)(H,25,26)(H2,13,14,16)(H2,20,21,22)/t6-,7+,8+/m0/s1. The fourth-order valence-corrected chi connectivity index (χ4v) is 6.23. The van der Waals surface area contributed by atoms with Crippen molar-refractivity contribution in [3.63, 3.8) is 0 Å². The number of rotatable bonds is 8. The SMILES string of the molecule is Nc1nc2nccn2c2c1ncn2[C@H]1C[C@H](O)[C@@H](COP(=O)(O)OP(=O)(O)OP(=O)(O)O)O1. The number of fused-ring (bicyclic) bond motifs is 3. The van der Waals surface area contributed by atoms with E-state index >= 15 is 0 Å². The summed E-state index contributed by atoms with van der Waals surface area (Å²) in [6, 6.07) is 0. The van der Waals surface area contributed by atoms with Crippen LogP contribution in [0.2, 0.25) is 0 Å². The smallest absolute Gasteiger partial charge is 0.390 e. The Morgan fingerprint density at radius 3 is 2.58 bits per heavy atom.